The molecule has 1 aromatic rings. The number of hydrogen-bond donors (Lipinski definition) is 1. The molecule has 1 aromatic carbocycles. The average Bonchev–Trinajstić information content (AvgIpc) is 2.47. The molecule has 0 saturated carbocycles. The van der Waals surface area contributed by atoms with Crippen LogP contribution in [0.4, 0.5) is 5.69 Å². The van der Waals surface area contributed by atoms with Gasteiger partial charge < -0.3 is 10.2 Å². The zero-order valence-corrected chi connectivity index (χ0v) is 14.8. The van der Waals surface area contributed by atoms with Gasteiger partial charge in [-0.05, 0) is 44.9 Å². The Bertz CT molecular complexity index is 556. The zero-order chi connectivity index (χ0) is 16.9. The summed E-state index contributed by atoms with van der Waals surface area (Å²) in [5, 5.41) is 3.36. The second-order valence-corrected chi connectivity index (χ2v) is 6.56. The molecule has 0 fully saturated rings. The van der Waals surface area contributed by atoms with Crippen molar-refractivity contribution >= 4 is 29.1 Å². The van der Waals surface area contributed by atoms with Gasteiger partial charge in [-0.2, -0.15) is 0 Å². The molecule has 2 amide bonds. The number of halogens is 1. The van der Waals surface area contributed by atoms with E-state index in [0.717, 1.165) is 18.4 Å². The highest BCUT2D eigenvalue weighted by molar-refractivity contribution is 6.31. The summed E-state index contributed by atoms with van der Waals surface area (Å²) >= 11 is 5.96. The van der Waals surface area contributed by atoms with Gasteiger partial charge in [-0.3, -0.25) is 9.59 Å². The van der Waals surface area contributed by atoms with E-state index >= 15 is 0 Å². The van der Waals surface area contributed by atoms with Crippen LogP contribution in [0, 0.1) is 12.3 Å². The van der Waals surface area contributed by atoms with Crippen LogP contribution in [0.15, 0.2) is 18.2 Å². The normalized spacial score (nSPS) is 11.2. The maximum absolute atomic E-state index is 12.5. The molecule has 1 N–H and O–H groups in total. The number of nitrogens with one attached hydrogen (secondary N) is 1. The molecule has 0 spiro atoms. The summed E-state index contributed by atoms with van der Waals surface area (Å²) < 4.78 is 0. The summed E-state index contributed by atoms with van der Waals surface area (Å²) in [4.78, 5) is 26.6. The number of unbranched alkanes of at least 4 members (excludes halogenated alkanes) is 1. The van der Waals surface area contributed by atoms with Crippen LogP contribution in [0.25, 0.3) is 0 Å². The van der Waals surface area contributed by atoms with E-state index in [2.05, 4.69) is 12.2 Å². The molecular formula is C17H25ClN2O2. The zero-order valence-electron chi connectivity index (χ0n) is 14.0. The van der Waals surface area contributed by atoms with E-state index in [-0.39, 0.29) is 11.8 Å². The fourth-order valence-corrected chi connectivity index (χ4v) is 2.25. The molecule has 4 nitrogen and oxygen atoms in total. The van der Waals surface area contributed by atoms with Gasteiger partial charge in [-0.15, -0.1) is 0 Å². The molecule has 1 rings (SSSR count). The Morgan fingerprint density at radius 1 is 1.32 bits per heavy atom. The Kier molecular flexibility index (Phi) is 6.42. The minimum atomic E-state index is -1.13. The van der Waals surface area contributed by atoms with Crippen LogP contribution in [-0.2, 0) is 9.59 Å². The van der Waals surface area contributed by atoms with Gasteiger partial charge in [0.05, 0.1) is 0 Å². The van der Waals surface area contributed by atoms with Crippen LogP contribution in [0.5, 0.6) is 0 Å². The summed E-state index contributed by atoms with van der Waals surface area (Å²) in [5.74, 6) is -0.510. The van der Waals surface area contributed by atoms with E-state index in [1.165, 1.54) is 0 Å². The lowest BCUT2D eigenvalue weighted by molar-refractivity contribution is -0.145. The molecule has 0 aromatic heterocycles. The van der Waals surface area contributed by atoms with Gasteiger partial charge in [-0.25, -0.2) is 0 Å². The topological polar surface area (TPSA) is 49.4 Å². The van der Waals surface area contributed by atoms with Gasteiger partial charge in [0.2, 0.25) is 11.8 Å². The van der Waals surface area contributed by atoms with Crippen molar-refractivity contribution in [3.8, 4) is 0 Å². The van der Waals surface area contributed by atoms with Crippen LogP contribution < -0.4 is 5.32 Å². The van der Waals surface area contributed by atoms with E-state index in [0.29, 0.717) is 17.3 Å². The molecule has 0 aliphatic heterocycles. The fourth-order valence-electron chi connectivity index (χ4n) is 2.08. The lowest BCUT2D eigenvalue weighted by Crippen LogP contribution is -2.46. The van der Waals surface area contributed by atoms with Crippen LogP contribution >= 0.6 is 11.6 Å². The molecule has 0 saturated heterocycles. The highest BCUT2D eigenvalue weighted by Crippen LogP contribution is 2.25. The third-order valence-electron chi connectivity index (χ3n) is 3.74. The van der Waals surface area contributed by atoms with Gasteiger partial charge in [0.25, 0.3) is 0 Å². The Labute approximate surface area is 137 Å². The number of carbonyl (C=O) groups is 2. The second-order valence-electron chi connectivity index (χ2n) is 6.12. The molecule has 0 radical (unpaired) electrons. The van der Waals surface area contributed by atoms with Gasteiger partial charge in [0.15, 0.2) is 0 Å². The summed E-state index contributed by atoms with van der Waals surface area (Å²) in [6, 6.07) is 5.29. The van der Waals surface area contributed by atoms with Crippen LogP contribution in [0.3, 0.4) is 0 Å². The quantitative estimate of drug-likeness (QED) is 0.807. The standard InChI is InChI=1S/C17H25ClN2O2/c1-6-7-10-20(5)16(22)17(3,4)15(21)19-14-11-13(18)9-8-12(14)2/h8-9,11H,6-7,10H2,1-5H3,(H,19,21). The smallest absolute Gasteiger partial charge is 0.239 e. The number of amides is 2. The third-order valence-corrected chi connectivity index (χ3v) is 3.98. The first-order chi connectivity index (χ1) is 10.2. The molecule has 0 heterocycles. The summed E-state index contributed by atoms with van der Waals surface area (Å²) in [6.45, 7) is 7.90. The lowest BCUT2D eigenvalue weighted by Gasteiger charge is -2.28. The first kappa shape index (κ1) is 18.5. The highest BCUT2D eigenvalue weighted by Gasteiger charge is 2.38. The van der Waals surface area contributed by atoms with E-state index in [1.54, 1.807) is 37.9 Å². The molecule has 122 valence electrons. The van der Waals surface area contributed by atoms with Crippen molar-refractivity contribution in [1.82, 2.24) is 4.90 Å². The predicted molar refractivity (Wildman–Crippen MR) is 91.1 cm³/mol. The van der Waals surface area contributed by atoms with Crippen LogP contribution in [0.2, 0.25) is 5.02 Å². The predicted octanol–water partition coefficient (Wildman–Crippen LogP) is 3.87. The lowest BCUT2D eigenvalue weighted by atomic mass is 9.90. The van der Waals surface area contributed by atoms with Crippen molar-refractivity contribution in [2.75, 3.05) is 18.9 Å². The Morgan fingerprint density at radius 3 is 2.55 bits per heavy atom. The molecule has 0 aliphatic carbocycles. The average molecular weight is 325 g/mol. The number of hydrogen-bond acceptors (Lipinski definition) is 2. The highest BCUT2D eigenvalue weighted by atomic mass is 35.5. The third kappa shape index (κ3) is 4.47. The maximum atomic E-state index is 12.5. The summed E-state index contributed by atoms with van der Waals surface area (Å²) in [5.41, 5.74) is 0.409. The SMILES string of the molecule is CCCCN(C)C(=O)C(C)(C)C(=O)Nc1cc(Cl)ccc1C. The number of benzene rings is 1. The van der Waals surface area contributed by atoms with Crippen molar-refractivity contribution in [2.24, 2.45) is 5.41 Å². The van der Waals surface area contributed by atoms with Crippen molar-refractivity contribution in [3.63, 3.8) is 0 Å². The maximum Gasteiger partial charge on any atom is 0.239 e. The minimum absolute atomic E-state index is 0.182. The molecule has 0 bridgehead atoms. The van der Waals surface area contributed by atoms with Crippen molar-refractivity contribution < 1.29 is 9.59 Å². The van der Waals surface area contributed by atoms with Gasteiger partial charge in [-0.1, -0.05) is 31.0 Å². The molecule has 22 heavy (non-hydrogen) atoms. The molecule has 0 unspecified atom stereocenters. The Morgan fingerprint density at radius 2 is 1.95 bits per heavy atom. The first-order valence-electron chi connectivity index (χ1n) is 7.53. The molecule has 0 aliphatic rings. The number of aryl methyl sites for hydroxylation is 1. The van der Waals surface area contributed by atoms with Crippen molar-refractivity contribution in [2.45, 2.75) is 40.5 Å². The Balaban J connectivity index is 2.85. The number of rotatable bonds is 6. The van der Waals surface area contributed by atoms with Crippen molar-refractivity contribution in [3.05, 3.63) is 28.8 Å². The van der Waals surface area contributed by atoms with E-state index < -0.39 is 5.41 Å². The van der Waals surface area contributed by atoms with Crippen LogP contribution in [0.1, 0.15) is 39.2 Å². The minimum Gasteiger partial charge on any atom is -0.345 e. The number of anilines is 1. The number of carbonyl (C=O) groups excluding carboxylic acids is 2. The number of nitrogens with zero attached hydrogens (tertiary/aromatic N) is 1. The molecular weight excluding hydrogens is 300 g/mol. The monoisotopic (exact) mass is 324 g/mol. The largest absolute Gasteiger partial charge is 0.345 e. The van der Waals surface area contributed by atoms with Gasteiger partial charge in [0.1, 0.15) is 5.41 Å². The summed E-state index contributed by atoms with van der Waals surface area (Å²) in [7, 11) is 1.73. The van der Waals surface area contributed by atoms with E-state index in [9.17, 15) is 9.59 Å². The molecule has 0 atom stereocenters. The van der Waals surface area contributed by atoms with E-state index in [4.69, 9.17) is 11.6 Å². The first-order valence-corrected chi connectivity index (χ1v) is 7.91. The fraction of sp³-hybridized carbons (Fsp3) is 0.529. The van der Waals surface area contributed by atoms with Crippen LogP contribution in [-0.4, -0.2) is 30.3 Å². The van der Waals surface area contributed by atoms with Gasteiger partial charge >= 0.3 is 0 Å². The summed E-state index contributed by atoms with van der Waals surface area (Å²) in [6.07, 6.45) is 1.93. The molecule has 5 heteroatoms. The van der Waals surface area contributed by atoms with E-state index in [1.807, 2.05) is 13.0 Å². The second kappa shape index (κ2) is 7.63. The van der Waals surface area contributed by atoms with Gasteiger partial charge in [0, 0.05) is 24.3 Å². The van der Waals surface area contributed by atoms with Crippen molar-refractivity contribution in [1.29, 1.82) is 0 Å². The Hall–Kier alpha value is -1.55.